The van der Waals surface area contributed by atoms with Gasteiger partial charge in [0.1, 0.15) is 16.5 Å². The van der Waals surface area contributed by atoms with Gasteiger partial charge < -0.3 is 10.4 Å². The third-order valence-corrected chi connectivity index (χ3v) is 10.6. The molecule has 0 bridgehead atoms. The maximum atomic E-state index is 12.4. The van der Waals surface area contributed by atoms with Crippen LogP contribution in [0, 0.1) is 0 Å². The molecule has 0 aliphatic carbocycles. The van der Waals surface area contributed by atoms with Gasteiger partial charge in [0.2, 0.25) is 0 Å². The van der Waals surface area contributed by atoms with E-state index in [1.807, 2.05) is 115 Å². The fourth-order valence-corrected chi connectivity index (χ4v) is 10.0. The number of hydrogen-bond donors (Lipinski definition) is 2. The van der Waals surface area contributed by atoms with Crippen LogP contribution in [0.4, 0.5) is 5.69 Å². The molecule has 0 aliphatic heterocycles. The highest BCUT2D eigenvalue weighted by atomic mass is 28.3. The molecule has 0 atom stereocenters. The van der Waals surface area contributed by atoms with Crippen molar-refractivity contribution in [2.24, 2.45) is 5.40 Å². The Kier molecular flexibility index (Phi) is 10.1. The first kappa shape index (κ1) is 29.0. The van der Waals surface area contributed by atoms with E-state index in [4.69, 9.17) is 5.40 Å². The highest BCUT2D eigenvalue weighted by Crippen LogP contribution is 2.21. The van der Waals surface area contributed by atoms with E-state index in [0.29, 0.717) is 0 Å². The van der Waals surface area contributed by atoms with Crippen molar-refractivity contribution in [2.75, 3.05) is 4.98 Å². The van der Waals surface area contributed by atoms with Crippen LogP contribution in [0.2, 0.25) is 38.3 Å². The normalized spacial score (nSPS) is 11.2. The van der Waals surface area contributed by atoms with Crippen LogP contribution in [-0.2, 0) is 0 Å². The maximum absolute atomic E-state index is 12.4. The number of anilines is 1. The van der Waals surface area contributed by atoms with Crippen LogP contribution in [-0.4, -0.2) is 28.0 Å². The SMILES string of the molecule is C[Si](C)(N)CC[Si](C)(C)Nc1ccc(C(=O)c2ccccc2)cc1.O=C(c1ccccc1)c1ccccc1. The molecule has 3 N–H and O–H groups in total. The number of ketones is 2. The third-order valence-electron chi connectivity index (χ3n) is 6.13. The number of rotatable bonds is 9. The molecule has 0 aliphatic rings. The first-order valence-corrected chi connectivity index (χ1v) is 19.4. The van der Waals surface area contributed by atoms with Crippen molar-refractivity contribution in [1.82, 2.24) is 0 Å². The molecule has 6 heteroatoms. The van der Waals surface area contributed by atoms with Crippen molar-refractivity contribution >= 4 is 33.7 Å². The van der Waals surface area contributed by atoms with Gasteiger partial charge in [-0.15, -0.1) is 0 Å². The Morgan fingerprint density at radius 3 is 1.24 bits per heavy atom. The van der Waals surface area contributed by atoms with Crippen molar-refractivity contribution in [3.63, 3.8) is 0 Å². The summed E-state index contributed by atoms with van der Waals surface area (Å²) in [5, 5.41) is 6.24. The second-order valence-electron chi connectivity index (χ2n) is 10.8. The van der Waals surface area contributed by atoms with Crippen molar-refractivity contribution < 1.29 is 9.59 Å². The lowest BCUT2D eigenvalue weighted by atomic mass is 10.0. The van der Waals surface area contributed by atoms with Crippen LogP contribution in [0.3, 0.4) is 0 Å². The summed E-state index contributed by atoms with van der Waals surface area (Å²) in [7, 11) is -3.04. The predicted octanol–water partition coefficient (Wildman–Crippen LogP) is 7.62. The molecule has 0 fully saturated rings. The highest BCUT2D eigenvalue weighted by Gasteiger charge is 2.25. The summed E-state index contributed by atoms with van der Waals surface area (Å²) in [5.74, 6) is 0.140. The lowest BCUT2D eigenvalue weighted by molar-refractivity contribution is 0.103. The van der Waals surface area contributed by atoms with Crippen molar-refractivity contribution in [2.45, 2.75) is 38.3 Å². The molecule has 4 aromatic carbocycles. The van der Waals surface area contributed by atoms with Gasteiger partial charge in [0.25, 0.3) is 0 Å². The van der Waals surface area contributed by atoms with E-state index in [0.717, 1.165) is 34.0 Å². The molecule has 38 heavy (non-hydrogen) atoms. The summed E-state index contributed by atoms with van der Waals surface area (Å²) in [4.78, 5) is 28.0. The van der Waals surface area contributed by atoms with Gasteiger partial charge in [-0.25, -0.2) is 0 Å². The smallest absolute Gasteiger partial charge is 0.193 e. The van der Waals surface area contributed by atoms with Gasteiger partial charge in [0.15, 0.2) is 11.6 Å². The van der Waals surface area contributed by atoms with E-state index in [1.54, 1.807) is 0 Å². The van der Waals surface area contributed by atoms with Crippen LogP contribution in [0.5, 0.6) is 0 Å². The molecule has 0 amide bonds. The average molecular weight is 539 g/mol. The van der Waals surface area contributed by atoms with E-state index in [2.05, 4.69) is 31.2 Å². The number of hydrogen-bond acceptors (Lipinski definition) is 4. The fourth-order valence-electron chi connectivity index (χ4n) is 3.89. The minimum atomic E-state index is -1.54. The highest BCUT2D eigenvalue weighted by molar-refractivity contribution is 6.83. The predicted molar refractivity (Wildman–Crippen MR) is 165 cm³/mol. The van der Waals surface area contributed by atoms with Crippen molar-refractivity contribution in [1.29, 1.82) is 0 Å². The molecular formula is C32H38N2O2Si2. The zero-order chi connectivity index (χ0) is 27.6. The second kappa shape index (κ2) is 13.3. The Hall–Kier alpha value is -3.59. The Morgan fingerprint density at radius 2 is 0.895 bits per heavy atom. The van der Waals surface area contributed by atoms with Crippen LogP contribution in [0.15, 0.2) is 115 Å². The molecular weight excluding hydrogens is 501 g/mol. The number of carbonyl (C=O) groups is 2. The summed E-state index contributed by atoms with van der Waals surface area (Å²) in [6.45, 7) is 9.08. The minimum Gasteiger partial charge on any atom is -0.411 e. The molecule has 0 saturated carbocycles. The second-order valence-corrected chi connectivity index (χ2v) is 19.8. The van der Waals surface area contributed by atoms with E-state index >= 15 is 0 Å². The summed E-state index contributed by atoms with van der Waals surface area (Å²) in [6, 6.07) is 38.2. The number of carbonyl (C=O) groups excluding carboxylic acids is 2. The molecule has 0 unspecified atom stereocenters. The standard InChI is InChI=1S/C19H28N2OSi2.C13H10O/c1-23(2,20)14-15-24(3,4)21-18-12-10-17(11-13-18)19(22)16-8-6-5-7-9-16;14-13(11-7-3-1-4-8-11)12-9-5-2-6-10-12/h5-13,21H,14-15,20H2,1-4H3;1-10H. The van der Waals surface area contributed by atoms with Gasteiger partial charge in [-0.2, -0.15) is 0 Å². The van der Waals surface area contributed by atoms with Gasteiger partial charge >= 0.3 is 0 Å². The van der Waals surface area contributed by atoms with Crippen molar-refractivity contribution in [3.05, 3.63) is 138 Å². The molecule has 0 radical (unpaired) electrons. The lowest BCUT2D eigenvalue weighted by Crippen LogP contribution is -2.43. The maximum Gasteiger partial charge on any atom is 0.193 e. The average Bonchev–Trinajstić information content (AvgIpc) is 2.93. The molecule has 4 rings (SSSR count). The number of nitrogens with two attached hydrogens (primary N) is 1. The molecule has 4 aromatic rings. The summed E-state index contributed by atoms with van der Waals surface area (Å²) in [5.41, 5.74) is 4.01. The van der Waals surface area contributed by atoms with Crippen LogP contribution in [0.25, 0.3) is 0 Å². The largest absolute Gasteiger partial charge is 0.411 e. The van der Waals surface area contributed by atoms with Gasteiger partial charge in [-0.1, -0.05) is 117 Å². The number of benzene rings is 4. The van der Waals surface area contributed by atoms with Gasteiger partial charge in [0.05, 0.1) is 0 Å². The zero-order valence-corrected chi connectivity index (χ0v) is 24.8. The van der Waals surface area contributed by atoms with Crippen molar-refractivity contribution in [3.8, 4) is 0 Å². The topological polar surface area (TPSA) is 72.2 Å². The van der Waals surface area contributed by atoms with Crippen LogP contribution >= 0.6 is 0 Å². The van der Waals surface area contributed by atoms with Gasteiger partial charge in [-0.3, -0.25) is 9.59 Å². The molecule has 0 heterocycles. The first-order valence-electron chi connectivity index (χ1n) is 13.0. The summed E-state index contributed by atoms with van der Waals surface area (Å²) >= 11 is 0. The van der Waals surface area contributed by atoms with E-state index in [9.17, 15) is 9.59 Å². The van der Waals surface area contributed by atoms with E-state index < -0.39 is 16.5 Å². The van der Waals surface area contributed by atoms with E-state index in [-0.39, 0.29) is 11.6 Å². The monoisotopic (exact) mass is 538 g/mol. The van der Waals surface area contributed by atoms with E-state index in [1.165, 1.54) is 6.04 Å². The Labute approximate surface area is 229 Å². The number of nitrogens with one attached hydrogen (secondary N) is 1. The Bertz CT molecular complexity index is 1260. The molecule has 0 aromatic heterocycles. The van der Waals surface area contributed by atoms with Gasteiger partial charge in [0, 0.05) is 27.9 Å². The Balaban J connectivity index is 0.000000241. The molecule has 196 valence electrons. The molecule has 4 nitrogen and oxygen atoms in total. The molecule has 0 spiro atoms. The fraction of sp³-hybridized carbons (Fsp3) is 0.188. The first-order chi connectivity index (χ1) is 18.0. The van der Waals surface area contributed by atoms with Crippen LogP contribution in [0.1, 0.15) is 31.8 Å². The zero-order valence-electron chi connectivity index (χ0n) is 22.8. The lowest BCUT2D eigenvalue weighted by Gasteiger charge is -2.28. The minimum absolute atomic E-state index is 0.0644. The molecule has 0 saturated heterocycles. The summed E-state index contributed by atoms with van der Waals surface area (Å²) in [6.07, 6.45) is 0. The quantitative estimate of drug-likeness (QED) is 0.170. The Morgan fingerprint density at radius 1 is 0.553 bits per heavy atom. The van der Waals surface area contributed by atoms with Gasteiger partial charge in [-0.05, 0) is 36.4 Å². The third kappa shape index (κ3) is 9.37. The summed E-state index contributed by atoms with van der Waals surface area (Å²) < 4.78 is 0. The van der Waals surface area contributed by atoms with Crippen LogP contribution < -0.4 is 10.4 Å².